The molecule has 0 aliphatic carbocycles. The number of carbonyl (C=O) groups excluding carboxylic acids is 2. The first-order valence-corrected chi connectivity index (χ1v) is 6.39. The number of esters is 1. The third kappa shape index (κ3) is 5.34. The molecule has 0 aromatic carbocycles. The maximum absolute atomic E-state index is 11.7. The predicted molar refractivity (Wildman–Crippen MR) is 74.3 cm³/mol. The molecule has 1 amide bonds. The van der Waals surface area contributed by atoms with Crippen LogP contribution in [0.25, 0.3) is 0 Å². The summed E-state index contributed by atoms with van der Waals surface area (Å²) in [7, 11) is 3.18. The van der Waals surface area contributed by atoms with Gasteiger partial charge in [-0.3, -0.25) is 0 Å². The number of nitrogens with one attached hydrogen (secondary N) is 1. The molecule has 0 saturated carbocycles. The Balaban J connectivity index is 2.70. The fourth-order valence-corrected chi connectivity index (χ4v) is 1.70. The van der Waals surface area contributed by atoms with Gasteiger partial charge in [0.1, 0.15) is 11.6 Å². The Labute approximate surface area is 119 Å². The maximum atomic E-state index is 11.7. The lowest BCUT2D eigenvalue weighted by atomic mass is 10.1. The largest absolute Gasteiger partial charge is 0.467 e. The van der Waals surface area contributed by atoms with E-state index in [1.54, 1.807) is 20.8 Å². The standard InChI is InChI=1S/C14H22N2O4/c1-14(2,3)20-13(18)15-11(12(17)19-5)8-10-6-7-16(4)9-10/h6-7,9,11H,8H2,1-5H3,(H,15,18). The number of nitrogens with zero attached hydrogens (tertiary/aromatic N) is 1. The van der Waals surface area contributed by atoms with Gasteiger partial charge in [-0.1, -0.05) is 0 Å². The highest BCUT2D eigenvalue weighted by Gasteiger charge is 2.25. The fraction of sp³-hybridized carbons (Fsp3) is 0.571. The van der Waals surface area contributed by atoms with E-state index in [0.29, 0.717) is 6.42 Å². The summed E-state index contributed by atoms with van der Waals surface area (Å²) in [4.78, 5) is 23.5. The predicted octanol–water partition coefficient (Wildman–Crippen LogP) is 1.63. The molecule has 0 spiro atoms. The zero-order chi connectivity index (χ0) is 15.3. The van der Waals surface area contributed by atoms with Crippen LogP contribution in [-0.4, -0.2) is 35.4 Å². The van der Waals surface area contributed by atoms with E-state index in [9.17, 15) is 9.59 Å². The highest BCUT2D eigenvalue weighted by molar-refractivity contribution is 5.81. The first kappa shape index (κ1) is 16.1. The van der Waals surface area contributed by atoms with Gasteiger partial charge in [0.25, 0.3) is 0 Å². The topological polar surface area (TPSA) is 69.6 Å². The van der Waals surface area contributed by atoms with Gasteiger partial charge in [0.2, 0.25) is 0 Å². The van der Waals surface area contributed by atoms with Crippen molar-refractivity contribution in [2.45, 2.75) is 38.8 Å². The average Bonchev–Trinajstić information content (AvgIpc) is 2.70. The Kier molecular flexibility index (Phi) is 5.19. The first-order chi connectivity index (χ1) is 9.21. The molecule has 1 unspecified atom stereocenters. The lowest BCUT2D eigenvalue weighted by Crippen LogP contribution is -2.45. The molecule has 1 atom stereocenters. The van der Waals surface area contributed by atoms with Gasteiger partial charge < -0.3 is 19.4 Å². The summed E-state index contributed by atoms with van der Waals surface area (Å²) in [5, 5.41) is 2.54. The van der Waals surface area contributed by atoms with Crippen molar-refractivity contribution in [1.29, 1.82) is 0 Å². The highest BCUT2D eigenvalue weighted by atomic mass is 16.6. The Morgan fingerprint density at radius 2 is 2.05 bits per heavy atom. The zero-order valence-corrected chi connectivity index (χ0v) is 12.6. The van der Waals surface area contributed by atoms with E-state index in [0.717, 1.165) is 5.56 Å². The molecule has 1 aromatic rings. The van der Waals surface area contributed by atoms with Crippen molar-refractivity contribution in [1.82, 2.24) is 9.88 Å². The molecule has 6 nitrogen and oxygen atoms in total. The molecule has 20 heavy (non-hydrogen) atoms. The number of aryl methyl sites for hydroxylation is 1. The Bertz CT molecular complexity index is 474. The van der Waals surface area contributed by atoms with E-state index >= 15 is 0 Å². The number of ether oxygens (including phenoxy) is 2. The number of rotatable bonds is 4. The van der Waals surface area contributed by atoms with Crippen molar-refractivity contribution >= 4 is 12.1 Å². The van der Waals surface area contributed by atoms with Crippen molar-refractivity contribution < 1.29 is 19.1 Å². The second kappa shape index (κ2) is 6.45. The lowest BCUT2D eigenvalue weighted by Gasteiger charge is -2.22. The molecular formula is C14H22N2O4. The van der Waals surface area contributed by atoms with E-state index in [1.165, 1.54) is 7.11 Å². The van der Waals surface area contributed by atoms with Crippen molar-refractivity contribution in [3.05, 3.63) is 24.0 Å². The minimum atomic E-state index is -0.766. The van der Waals surface area contributed by atoms with Gasteiger partial charge in [-0.25, -0.2) is 9.59 Å². The number of carbonyl (C=O) groups is 2. The van der Waals surface area contributed by atoms with E-state index < -0.39 is 23.7 Å². The van der Waals surface area contributed by atoms with Crippen LogP contribution in [0, 0.1) is 0 Å². The highest BCUT2D eigenvalue weighted by Crippen LogP contribution is 2.09. The van der Waals surface area contributed by atoms with Crippen LogP contribution in [0.1, 0.15) is 26.3 Å². The summed E-state index contributed by atoms with van der Waals surface area (Å²) in [5.41, 5.74) is 0.316. The average molecular weight is 282 g/mol. The monoisotopic (exact) mass is 282 g/mol. The molecule has 1 N–H and O–H groups in total. The van der Waals surface area contributed by atoms with Crippen molar-refractivity contribution in [3.8, 4) is 0 Å². The summed E-state index contributed by atoms with van der Waals surface area (Å²) in [6.07, 6.45) is 3.47. The Hall–Kier alpha value is -1.98. The SMILES string of the molecule is COC(=O)C(Cc1ccn(C)c1)NC(=O)OC(C)(C)C. The van der Waals surface area contributed by atoms with Gasteiger partial charge >= 0.3 is 12.1 Å². The zero-order valence-electron chi connectivity index (χ0n) is 12.6. The van der Waals surface area contributed by atoms with Crippen LogP contribution in [0.2, 0.25) is 0 Å². The Morgan fingerprint density at radius 3 is 2.50 bits per heavy atom. The normalized spacial score (nSPS) is 12.7. The first-order valence-electron chi connectivity index (χ1n) is 6.39. The molecule has 112 valence electrons. The molecule has 0 saturated heterocycles. The molecule has 1 aromatic heterocycles. The van der Waals surface area contributed by atoms with Gasteiger partial charge in [0.05, 0.1) is 7.11 Å². The smallest absolute Gasteiger partial charge is 0.408 e. The second-order valence-corrected chi connectivity index (χ2v) is 5.61. The van der Waals surface area contributed by atoms with Crippen molar-refractivity contribution in [2.75, 3.05) is 7.11 Å². The quantitative estimate of drug-likeness (QED) is 0.852. The van der Waals surface area contributed by atoms with E-state index in [4.69, 9.17) is 9.47 Å². The third-order valence-electron chi connectivity index (χ3n) is 2.51. The minimum absolute atomic E-state index is 0.354. The van der Waals surface area contributed by atoms with Crippen LogP contribution in [0.4, 0.5) is 4.79 Å². The molecule has 0 radical (unpaired) electrons. The third-order valence-corrected chi connectivity index (χ3v) is 2.51. The number of methoxy groups -OCH3 is 1. The van der Waals surface area contributed by atoms with Gasteiger partial charge in [0, 0.05) is 25.9 Å². The Morgan fingerprint density at radius 1 is 1.40 bits per heavy atom. The minimum Gasteiger partial charge on any atom is -0.467 e. The van der Waals surface area contributed by atoms with Crippen molar-refractivity contribution in [3.63, 3.8) is 0 Å². The summed E-state index contributed by atoms with van der Waals surface area (Å²) in [5.74, 6) is -0.500. The summed E-state index contributed by atoms with van der Waals surface area (Å²) in [6.45, 7) is 5.28. The maximum Gasteiger partial charge on any atom is 0.408 e. The molecule has 0 fully saturated rings. The number of aromatic nitrogens is 1. The molecule has 0 aliphatic heterocycles. The van der Waals surface area contributed by atoms with Crippen LogP contribution in [0.15, 0.2) is 18.5 Å². The number of alkyl carbamates (subject to hydrolysis) is 1. The van der Waals surface area contributed by atoms with E-state index in [-0.39, 0.29) is 0 Å². The van der Waals surface area contributed by atoms with Crippen molar-refractivity contribution in [2.24, 2.45) is 7.05 Å². The summed E-state index contributed by atoms with van der Waals surface area (Å²) >= 11 is 0. The lowest BCUT2D eigenvalue weighted by molar-refractivity contribution is -0.143. The number of amides is 1. The van der Waals surface area contributed by atoms with Crippen LogP contribution >= 0.6 is 0 Å². The molecule has 0 bridgehead atoms. The van der Waals surface area contributed by atoms with Gasteiger partial charge in [-0.2, -0.15) is 0 Å². The van der Waals surface area contributed by atoms with Crippen LogP contribution in [-0.2, 0) is 27.7 Å². The van der Waals surface area contributed by atoms with Gasteiger partial charge in [0.15, 0.2) is 0 Å². The van der Waals surface area contributed by atoms with Gasteiger partial charge in [-0.15, -0.1) is 0 Å². The number of hydrogen-bond donors (Lipinski definition) is 1. The molecule has 1 rings (SSSR count). The molecule has 6 heteroatoms. The van der Waals surface area contributed by atoms with Crippen LogP contribution < -0.4 is 5.32 Å². The van der Waals surface area contributed by atoms with Gasteiger partial charge in [-0.05, 0) is 32.4 Å². The van der Waals surface area contributed by atoms with Crippen LogP contribution in [0.5, 0.6) is 0 Å². The van der Waals surface area contributed by atoms with E-state index in [2.05, 4.69) is 5.32 Å². The number of hydrogen-bond acceptors (Lipinski definition) is 4. The summed E-state index contributed by atoms with van der Waals surface area (Å²) in [6, 6.07) is 1.12. The fourth-order valence-electron chi connectivity index (χ4n) is 1.70. The molecular weight excluding hydrogens is 260 g/mol. The van der Waals surface area contributed by atoms with Crippen LogP contribution in [0.3, 0.4) is 0 Å². The summed E-state index contributed by atoms with van der Waals surface area (Å²) < 4.78 is 11.7. The second-order valence-electron chi connectivity index (χ2n) is 5.61. The molecule has 1 heterocycles. The van der Waals surface area contributed by atoms with E-state index in [1.807, 2.05) is 30.1 Å². The molecule has 0 aliphatic rings.